The Morgan fingerprint density at radius 2 is 1.28 bits per heavy atom. The van der Waals surface area contributed by atoms with Crippen LogP contribution >= 0.6 is 34.9 Å². The molecule has 0 saturated heterocycles. The van der Waals surface area contributed by atoms with Crippen LogP contribution in [0.25, 0.3) is 0 Å². The number of hydrogen-bond donors (Lipinski definition) is 0. The lowest BCUT2D eigenvalue weighted by Crippen LogP contribution is -1.82. The molecule has 3 rings (SSSR count). The quantitative estimate of drug-likeness (QED) is 0.568. The highest BCUT2D eigenvalue weighted by Crippen LogP contribution is 2.32. The molecule has 1 heterocycles. The normalized spacial score (nSPS) is 10.2. The van der Waals surface area contributed by atoms with Crippen LogP contribution in [0.1, 0.15) is 22.3 Å². The summed E-state index contributed by atoms with van der Waals surface area (Å²) in [7, 11) is 0. The maximum atomic E-state index is 8.94. The van der Waals surface area contributed by atoms with Crippen molar-refractivity contribution in [2.24, 2.45) is 0 Å². The Morgan fingerprint density at radius 3 is 1.72 bits per heavy atom. The van der Waals surface area contributed by atoms with Gasteiger partial charge in [-0.15, -0.1) is 10.2 Å². The molecule has 0 N–H and O–H groups in total. The Labute approximate surface area is 158 Å². The van der Waals surface area contributed by atoms with Crippen molar-refractivity contribution in [2.75, 3.05) is 0 Å². The third kappa shape index (κ3) is 5.07. The van der Waals surface area contributed by atoms with Crippen molar-refractivity contribution in [3.05, 3.63) is 70.8 Å². The molecule has 3 aromatic rings. The number of benzene rings is 2. The first-order valence-corrected chi connectivity index (χ1v) is 10.1. The van der Waals surface area contributed by atoms with Crippen molar-refractivity contribution in [3.8, 4) is 12.1 Å². The van der Waals surface area contributed by atoms with Crippen molar-refractivity contribution in [1.29, 1.82) is 10.5 Å². The molecule has 0 atom stereocenters. The Kier molecular flexibility index (Phi) is 6.08. The fourth-order valence-electron chi connectivity index (χ4n) is 2.07. The second kappa shape index (κ2) is 8.68. The van der Waals surface area contributed by atoms with Crippen LogP contribution in [0.2, 0.25) is 0 Å². The fourth-order valence-corrected chi connectivity index (χ4v) is 4.97. The number of aromatic nitrogens is 2. The number of nitriles is 2. The van der Waals surface area contributed by atoms with E-state index in [4.69, 9.17) is 10.5 Å². The van der Waals surface area contributed by atoms with Crippen LogP contribution in [-0.4, -0.2) is 10.2 Å². The molecule has 122 valence electrons. The van der Waals surface area contributed by atoms with Crippen LogP contribution in [0.5, 0.6) is 0 Å². The van der Waals surface area contributed by atoms with E-state index < -0.39 is 0 Å². The highest BCUT2D eigenvalue weighted by atomic mass is 32.2. The molecule has 0 unspecified atom stereocenters. The molecule has 0 bridgehead atoms. The summed E-state index contributed by atoms with van der Waals surface area (Å²) in [5.41, 5.74) is 3.54. The fraction of sp³-hybridized carbons (Fsp3) is 0.111. The largest absolute Gasteiger partial charge is 0.192 e. The predicted molar refractivity (Wildman–Crippen MR) is 101 cm³/mol. The molecule has 4 nitrogen and oxygen atoms in total. The summed E-state index contributed by atoms with van der Waals surface area (Å²) in [6.07, 6.45) is 0. The molecule has 0 amide bonds. The second-order valence-electron chi connectivity index (χ2n) is 5.04. The van der Waals surface area contributed by atoms with Gasteiger partial charge in [0, 0.05) is 11.5 Å². The Bertz CT molecular complexity index is 877. The van der Waals surface area contributed by atoms with E-state index in [-0.39, 0.29) is 0 Å². The molecule has 0 aliphatic carbocycles. The van der Waals surface area contributed by atoms with Gasteiger partial charge in [0.05, 0.1) is 23.3 Å². The Hall–Kier alpha value is -2.32. The molecule has 1 aromatic heterocycles. The van der Waals surface area contributed by atoms with E-state index in [9.17, 15) is 0 Å². The summed E-state index contributed by atoms with van der Waals surface area (Å²) in [4.78, 5) is 0. The monoisotopic (exact) mass is 380 g/mol. The molecule has 0 fully saturated rings. The van der Waals surface area contributed by atoms with Crippen LogP contribution in [0.3, 0.4) is 0 Å². The van der Waals surface area contributed by atoms with Gasteiger partial charge in [-0.3, -0.25) is 0 Å². The lowest BCUT2D eigenvalue weighted by atomic mass is 10.2. The van der Waals surface area contributed by atoms with E-state index in [1.807, 2.05) is 36.4 Å². The average molecular weight is 381 g/mol. The topological polar surface area (TPSA) is 73.4 Å². The Morgan fingerprint density at radius 1 is 0.800 bits per heavy atom. The lowest BCUT2D eigenvalue weighted by Gasteiger charge is -1.99. The Balaban J connectivity index is 1.55. The number of rotatable bonds is 6. The second-order valence-corrected chi connectivity index (χ2v) is 8.46. The number of thioether (sulfide) groups is 2. The molecule has 0 aliphatic heterocycles. The van der Waals surface area contributed by atoms with Crippen LogP contribution in [-0.2, 0) is 11.5 Å². The van der Waals surface area contributed by atoms with Gasteiger partial charge in [0.2, 0.25) is 0 Å². The van der Waals surface area contributed by atoms with E-state index in [2.05, 4.69) is 22.3 Å². The maximum absolute atomic E-state index is 8.94. The molecule has 0 spiro atoms. The first kappa shape index (κ1) is 17.5. The summed E-state index contributed by atoms with van der Waals surface area (Å²) < 4.78 is 1.83. The van der Waals surface area contributed by atoms with Crippen molar-refractivity contribution >= 4 is 34.9 Å². The van der Waals surface area contributed by atoms with Crippen LogP contribution in [0.15, 0.2) is 57.2 Å². The molecule has 0 radical (unpaired) electrons. The van der Waals surface area contributed by atoms with Gasteiger partial charge in [-0.25, -0.2) is 0 Å². The van der Waals surface area contributed by atoms with E-state index in [1.165, 1.54) is 0 Å². The van der Waals surface area contributed by atoms with Crippen molar-refractivity contribution in [2.45, 2.75) is 20.2 Å². The minimum atomic E-state index is 0.672. The van der Waals surface area contributed by atoms with Crippen molar-refractivity contribution in [1.82, 2.24) is 10.2 Å². The predicted octanol–water partition coefficient (Wildman–Crippen LogP) is 4.87. The van der Waals surface area contributed by atoms with Gasteiger partial charge >= 0.3 is 0 Å². The molecular formula is C18H12N4S3. The van der Waals surface area contributed by atoms with Crippen LogP contribution in [0.4, 0.5) is 0 Å². The number of hydrogen-bond acceptors (Lipinski definition) is 7. The first-order valence-electron chi connectivity index (χ1n) is 7.34. The summed E-state index contributed by atoms with van der Waals surface area (Å²) >= 11 is 4.81. The molecule has 0 aliphatic rings. The lowest BCUT2D eigenvalue weighted by molar-refractivity contribution is 0.954. The van der Waals surface area contributed by atoms with E-state index in [0.717, 1.165) is 31.3 Å². The van der Waals surface area contributed by atoms with Crippen LogP contribution < -0.4 is 0 Å². The van der Waals surface area contributed by atoms with Gasteiger partial charge in [-0.05, 0) is 35.4 Å². The minimum Gasteiger partial charge on any atom is -0.192 e. The third-order valence-electron chi connectivity index (χ3n) is 3.22. The van der Waals surface area contributed by atoms with Crippen molar-refractivity contribution in [3.63, 3.8) is 0 Å². The van der Waals surface area contributed by atoms with Gasteiger partial charge in [0.1, 0.15) is 0 Å². The average Bonchev–Trinajstić information content (AvgIpc) is 3.13. The first-order chi connectivity index (χ1) is 12.3. The van der Waals surface area contributed by atoms with Gasteiger partial charge in [-0.2, -0.15) is 10.5 Å². The van der Waals surface area contributed by atoms with Gasteiger partial charge in [0.25, 0.3) is 0 Å². The summed E-state index contributed by atoms with van der Waals surface area (Å²) in [5.74, 6) is 1.53. The summed E-state index contributed by atoms with van der Waals surface area (Å²) in [5, 5.41) is 26.3. The molecule has 25 heavy (non-hydrogen) atoms. The summed E-state index contributed by atoms with van der Waals surface area (Å²) in [6.45, 7) is 0. The van der Waals surface area contributed by atoms with Gasteiger partial charge in [0.15, 0.2) is 8.68 Å². The summed E-state index contributed by atoms with van der Waals surface area (Å²) in [6, 6.07) is 19.5. The third-order valence-corrected chi connectivity index (χ3v) is 6.56. The zero-order valence-corrected chi connectivity index (χ0v) is 15.5. The smallest absolute Gasteiger partial charge is 0.175 e. The van der Waals surface area contributed by atoms with Crippen LogP contribution in [0, 0.1) is 22.7 Å². The molecule has 0 saturated carbocycles. The van der Waals surface area contributed by atoms with E-state index in [0.29, 0.717) is 11.1 Å². The van der Waals surface area contributed by atoms with Crippen molar-refractivity contribution < 1.29 is 0 Å². The molecule has 2 aromatic carbocycles. The number of nitrogens with zero attached hydrogens (tertiary/aromatic N) is 4. The standard InChI is InChI=1S/C18H12N4S3/c19-9-13-3-1-5-15(7-13)11-23-17-21-22-18(25-17)24-12-16-6-2-4-14(8-16)10-20/h1-8H,11-12H2. The van der Waals surface area contributed by atoms with Gasteiger partial charge < -0.3 is 0 Å². The highest BCUT2D eigenvalue weighted by Gasteiger charge is 2.07. The SMILES string of the molecule is N#Cc1cccc(CSc2nnc(SCc3cccc(C#N)c3)s2)c1. The zero-order valence-electron chi connectivity index (χ0n) is 13.0. The maximum Gasteiger partial charge on any atom is 0.175 e. The molecular weight excluding hydrogens is 368 g/mol. The van der Waals surface area contributed by atoms with E-state index in [1.54, 1.807) is 47.0 Å². The van der Waals surface area contributed by atoms with E-state index >= 15 is 0 Å². The minimum absolute atomic E-state index is 0.672. The molecule has 7 heteroatoms. The van der Waals surface area contributed by atoms with Gasteiger partial charge in [-0.1, -0.05) is 59.1 Å². The highest BCUT2D eigenvalue weighted by molar-refractivity contribution is 8.02. The zero-order chi connectivity index (χ0) is 17.5.